The highest BCUT2D eigenvalue weighted by Gasteiger charge is 2.32. The first kappa shape index (κ1) is 16.1. The van der Waals surface area contributed by atoms with E-state index in [9.17, 15) is 4.79 Å². The van der Waals surface area contributed by atoms with E-state index in [4.69, 9.17) is 4.74 Å². The van der Waals surface area contributed by atoms with Gasteiger partial charge in [-0.1, -0.05) is 24.3 Å². The first-order chi connectivity index (χ1) is 11.3. The molecule has 3 rings (SSSR count). The van der Waals surface area contributed by atoms with Crippen LogP contribution in [0.2, 0.25) is 0 Å². The third kappa shape index (κ3) is 3.94. The number of nitrogens with one attached hydrogen (secondary N) is 1. The van der Waals surface area contributed by atoms with Crippen LogP contribution in [-0.4, -0.2) is 37.6 Å². The third-order valence-corrected chi connectivity index (χ3v) is 4.97. The molecule has 1 aromatic carbocycles. The van der Waals surface area contributed by atoms with Gasteiger partial charge in [0.1, 0.15) is 5.75 Å². The van der Waals surface area contributed by atoms with Crippen LogP contribution in [0.1, 0.15) is 24.8 Å². The number of amides is 1. The lowest BCUT2D eigenvalue weighted by Crippen LogP contribution is -2.41. The number of piperidine rings is 1. The summed E-state index contributed by atoms with van der Waals surface area (Å²) in [7, 11) is 1.67. The van der Waals surface area contributed by atoms with Gasteiger partial charge in [0.15, 0.2) is 0 Å². The van der Waals surface area contributed by atoms with Gasteiger partial charge in [0.25, 0.3) is 0 Å². The van der Waals surface area contributed by atoms with Crippen molar-refractivity contribution in [1.29, 1.82) is 0 Å². The first-order valence-corrected chi connectivity index (χ1v) is 8.55. The number of allylic oxidation sites excluding steroid dienone is 1. The highest BCUT2D eigenvalue weighted by Crippen LogP contribution is 2.29. The van der Waals surface area contributed by atoms with Gasteiger partial charge in [0, 0.05) is 19.0 Å². The van der Waals surface area contributed by atoms with E-state index in [1.807, 2.05) is 23.1 Å². The van der Waals surface area contributed by atoms with Crippen LogP contribution < -0.4 is 10.1 Å². The average molecular weight is 314 g/mol. The molecule has 0 spiro atoms. The van der Waals surface area contributed by atoms with E-state index in [1.54, 1.807) is 7.11 Å². The normalized spacial score (nSPS) is 22.9. The molecule has 1 amide bonds. The van der Waals surface area contributed by atoms with Gasteiger partial charge in [0.05, 0.1) is 7.11 Å². The Hall–Kier alpha value is -1.81. The van der Waals surface area contributed by atoms with Crippen molar-refractivity contribution in [1.82, 2.24) is 10.2 Å². The Morgan fingerprint density at radius 2 is 2.09 bits per heavy atom. The van der Waals surface area contributed by atoms with E-state index >= 15 is 0 Å². The molecular formula is C19H26N2O2. The molecule has 0 radical (unpaired) electrons. The fraction of sp³-hybridized carbons (Fsp3) is 0.526. The topological polar surface area (TPSA) is 41.6 Å². The highest BCUT2D eigenvalue weighted by molar-refractivity contribution is 5.80. The van der Waals surface area contributed by atoms with Crippen LogP contribution in [0, 0.1) is 11.8 Å². The second-order valence-corrected chi connectivity index (χ2v) is 6.47. The summed E-state index contributed by atoms with van der Waals surface area (Å²) in [4.78, 5) is 15.0. The Morgan fingerprint density at radius 1 is 1.26 bits per heavy atom. The van der Waals surface area contributed by atoms with Crippen molar-refractivity contribution in [2.45, 2.75) is 25.8 Å². The first-order valence-electron chi connectivity index (χ1n) is 8.55. The second kappa shape index (κ2) is 7.64. The van der Waals surface area contributed by atoms with Crippen LogP contribution in [-0.2, 0) is 11.3 Å². The van der Waals surface area contributed by atoms with Crippen LogP contribution >= 0.6 is 0 Å². The van der Waals surface area contributed by atoms with Crippen LogP contribution in [0.4, 0.5) is 0 Å². The molecule has 23 heavy (non-hydrogen) atoms. The maximum absolute atomic E-state index is 13.0. The van der Waals surface area contributed by atoms with Gasteiger partial charge >= 0.3 is 0 Å². The molecule has 1 unspecified atom stereocenters. The predicted octanol–water partition coefficient (Wildman–Crippen LogP) is 2.60. The van der Waals surface area contributed by atoms with E-state index in [-0.39, 0.29) is 5.92 Å². The van der Waals surface area contributed by atoms with Gasteiger partial charge in [-0.3, -0.25) is 4.79 Å². The average Bonchev–Trinajstić information content (AvgIpc) is 2.78. The Kier molecular flexibility index (Phi) is 5.34. The van der Waals surface area contributed by atoms with Gasteiger partial charge in [0.2, 0.25) is 5.91 Å². The smallest absolute Gasteiger partial charge is 0.226 e. The molecule has 1 aromatic rings. The molecule has 1 N–H and O–H groups in total. The number of hydrogen-bond donors (Lipinski definition) is 1. The van der Waals surface area contributed by atoms with Crippen LogP contribution in [0.5, 0.6) is 5.75 Å². The Balaban J connectivity index is 1.72. The van der Waals surface area contributed by atoms with Gasteiger partial charge in [-0.2, -0.15) is 0 Å². The molecule has 4 heteroatoms. The number of methoxy groups -OCH3 is 1. The SMILES string of the molecule is COc1cccc(CN2CC=CCC(C3CCNCC3)C2=O)c1. The highest BCUT2D eigenvalue weighted by atomic mass is 16.5. The lowest BCUT2D eigenvalue weighted by molar-refractivity contribution is -0.137. The zero-order chi connectivity index (χ0) is 16.1. The van der Waals surface area contributed by atoms with Crippen LogP contribution in [0.15, 0.2) is 36.4 Å². The van der Waals surface area contributed by atoms with Crippen molar-refractivity contribution in [2.24, 2.45) is 11.8 Å². The molecule has 1 atom stereocenters. The van der Waals surface area contributed by atoms with Gasteiger partial charge in [-0.15, -0.1) is 0 Å². The molecule has 2 heterocycles. The molecule has 0 aliphatic carbocycles. The zero-order valence-corrected chi connectivity index (χ0v) is 13.8. The number of ether oxygens (including phenoxy) is 1. The van der Waals surface area contributed by atoms with Crippen LogP contribution in [0.3, 0.4) is 0 Å². The van der Waals surface area contributed by atoms with Crippen molar-refractivity contribution in [3.8, 4) is 5.75 Å². The minimum absolute atomic E-state index is 0.140. The molecule has 1 saturated heterocycles. The maximum atomic E-state index is 13.0. The standard InChI is InChI=1S/C19H26N2O2/c1-23-17-6-4-5-15(13-17)14-21-12-3-2-7-18(19(21)22)16-8-10-20-11-9-16/h2-6,13,16,18,20H,7-12,14H2,1H3. The lowest BCUT2D eigenvalue weighted by Gasteiger charge is -2.32. The maximum Gasteiger partial charge on any atom is 0.226 e. The second-order valence-electron chi connectivity index (χ2n) is 6.47. The number of carbonyl (C=O) groups is 1. The van der Waals surface area contributed by atoms with Crippen LogP contribution in [0.25, 0.3) is 0 Å². The van der Waals surface area contributed by atoms with E-state index in [2.05, 4.69) is 23.5 Å². The molecule has 2 aliphatic rings. The summed E-state index contributed by atoms with van der Waals surface area (Å²) in [6, 6.07) is 7.99. The Labute approximate surface area is 138 Å². The Morgan fingerprint density at radius 3 is 2.87 bits per heavy atom. The van der Waals surface area contributed by atoms with E-state index < -0.39 is 0 Å². The molecule has 0 saturated carbocycles. The van der Waals surface area contributed by atoms with Gasteiger partial charge in [-0.25, -0.2) is 0 Å². The summed E-state index contributed by atoms with van der Waals surface area (Å²) in [6.45, 7) is 3.43. The van der Waals surface area contributed by atoms with E-state index in [1.165, 1.54) is 0 Å². The molecule has 0 aromatic heterocycles. The fourth-order valence-electron chi connectivity index (χ4n) is 3.64. The van der Waals surface area contributed by atoms with Crippen molar-refractivity contribution < 1.29 is 9.53 Å². The molecule has 1 fully saturated rings. The summed E-state index contributed by atoms with van der Waals surface area (Å²) in [6.07, 6.45) is 7.43. The summed E-state index contributed by atoms with van der Waals surface area (Å²) >= 11 is 0. The van der Waals surface area contributed by atoms with Gasteiger partial charge < -0.3 is 15.0 Å². The number of nitrogens with zero attached hydrogens (tertiary/aromatic N) is 1. The Bertz CT molecular complexity index is 564. The minimum Gasteiger partial charge on any atom is -0.497 e. The summed E-state index contributed by atoms with van der Waals surface area (Å²) in [5.74, 6) is 1.81. The van der Waals surface area contributed by atoms with Crippen molar-refractivity contribution in [3.05, 3.63) is 42.0 Å². The lowest BCUT2D eigenvalue weighted by atomic mass is 9.82. The summed E-state index contributed by atoms with van der Waals surface area (Å²) in [5.41, 5.74) is 1.12. The zero-order valence-electron chi connectivity index (χ0n) is 13.8. The van der Waals surface area contributed by atoms with Crippen molar-refractivity contribution >= 4 is 5.91 Å². The monoisotopic (exact) mass is 314 g/mol. The number of hydrogen-bond acceptors (Lipinski definition) is 3. The van der Waals surface area contributed by atoms with Gasteiger partial charge in [-0.05, 0) is 56.0 Å². The quantitative estimate of drug-likeness (QED) is 0.869. The fourth-order valence-corrected chi connectivity index (χ4v) is 3.64. The van der Waals surface area contributed by atoms with Crippen molar-refractivity contribution in [2.75, 3.05) is 26.7 Å². The van der Waals surface area contributed by atoms with Crippen molar-refractivity contribution in [3.63, 3.8) is 0 Å². The predicted molar refractivity (Wildman–Crippen MR) is 91.3 cm³/mol. The largest absolute Gasteiger partial charge is 0.497 e. The minimum atomic E-state index is 0.140. The third-order valence-electron chi connectivity index (χ3n) is 4.97. The summed E-state index contributed by atoms with van der Waals surface area (Å²) in [5, 5.41) is 3.39. The number of rotatable bonds is 4. The molecular weight excluding hydrogens is 288 g/mol. The molecule has 2 aliphatic heterocycles. The molecule has 124 valence electrons. The number of carbonyl (C=O) groups excluding carboxylic acids is 1. The molecule has 0 bridgehead atoms. The van der Waals surface area contributed by atoms with E-state index in [0.29, 0.717) is 24.9 Å². The molecule has 4 nitrogen and oxygen atoms in total. The summed E-state index contributed by atoms with van der Waals surface area (Å²) < 4.78 is 5.29. The number of benzene rings is 1. The van der Waals surface area contributed by atoms with E-state index in [0.717, 1.165) is 43.7 Å².